The number of rotatable bonds is 7. The SMILES string of the molecule is Cc1ccc(-c2nc(CSc3nnc(N4CCOCC4)n3CC(C)C)cs2)cc1. The highest BCUT2D eigenvalue weighted by Crippen LogP contribution is 2.29. The van der Waals surface area contributed by atoms with E-state index in [4.69, 9.17) is 9.72 Å². The quantitative estimate of drug-likeness (QED) is 0.516. The molecule has 29 heavy (non-hydrogen) atoms. The van der Waals surface area contributed by atoms with Gasteiger partial charge in [0.2, 0.25) is 5.95 Å². The number of benzene rings is 1. The van der Waals surface area contributed by atoms with Gasteiger partial charge in [0.15, 0.2) is 5.16 Å². The summed E-state index contributed by atoms with van der Waals surface area (Å²) in [6.07, 6.45) is 0. The van der Waals surface area contributed by atoms with E-state index in [0.29, 0.717) is 5.92 Å². The molecule has 0 N–H and O–H groups in total. The lowest BCUT2D eigenvalue weighted by molar-refractivity contribution is 0.121. The van der Waals surface area contributed by atoms with E-state index in [9.17, 15) is 0 Å². The molecule has 2 aromatic heterocycles. The van der Waals surface area contributed by atoms with Crippen molar-refractivity contribution in [2.75, 3.05) is 31.2 Å². The van der Waals surface area contributed by atoms with Crippen LogP contribution in [0, 0.1) is 12.8 Å². The van der Waals surface area contributed by atoms with Crippen LogP contribution in [0.3, 0.4) is 0 Å². The van der Waals surface area contributed by atoms with Crippen molar-refractivity contribution in [1.29, 1.82) is 0 Å². The van der Waals surface area contributed by atoms with Crippen molar-refractivity contribution >= 4 is 29.0 Å². The van der Waals surface area contributed by atoms with E-state index in [-0.39, 0.29) is 0 Å². The highest BCUT2D eigenvalue weighted by Gasteiger charge is 2.21. The molecule has 0 aliphatic carbocycles. The van der Waals surface area contributed by atoms with Crippen molar-refractivity contribution in [3.63, 3.8) is 0 Å². The van der Waals surface area contributed by atoms with Crippen LogP contribution < -0.4 is 4.90 Å². The Morgan fingerprint density at radius 2 is 1.90 bits per heavy atom. The van der Waals surface area contributed by atoms with Crippen LogP contribution in [0.1, 0.15) is 25.1 Å². The van der Waals surface area contributed by atoms with Crippen LogP contribution in [0.5, 0.6) is 0 Å². The van der Waals surface area contributed by atoms with Crippen LogP contribution in [0.4, 0.5) is 5.95 Å². The van der Waals surface area contributed by atoms with Gasteiger partial charge in [0, 0.05) is 36.3 Å². The second-order valence-electron chi connectivity index (χ2n) is 7.69. The second kappa shape index (κ2) is 9.28. The van der Waals surface area contributed by atoms with Gasteiger partial charge in [-0.1, -0.05) is 55.4 Å². The van der Waals surface area contributed by atoms with Crippen molar-refractivity contribution in [2.45, 2.75) is 38.2 Å². The number of aromatic nitrogens is 4. The van der Waals surface area contributed by atoms with E-state index in [2.05, 4.69) is 70.1 Å². The minimum absolute atomic E-state index is 0.526. The molecular weight excluding hydrogens is 402 g/mol. The van der Waals surface area contributed by atoms with Crippen LogP contribution in [0.15, 0.2) is 34.8 Å². The molecule has 8 heteroatoms. The smallest absolute Gasteiger partial charge is 0.228 e. The van der Waals surface area contributed by atoms with Gasteiger partial charge in [0.25, 0.3) is 0 Å². The number of anilines is 1. The van der Waals surface area contributed by atoms with Crippen molar-refractivity contribution in [2.24, 2.45) is 5.92 Å². The van der Waals surface area contributed by atoms with Gasteiger partial charge in [-0.25, -0.2) is 4.98 Å². The number of thiazole rings is 1. The summed E-state index contributed by atoms with van der Waals surface area (Å²) >= 11 is 3.41. The van der Waals surface area contributed by atoms with E-state index >= 15 is 0 Å². The summed E-state index contributed by atoms with van der Waals surface area (Å²) in [5, 5.41) is 13.2. The van der Waals surface area contributed by atoms with Gasteiger partial charge in [-0.3, -0.25) is 4.57 Å². The number of nitrogens with zero attached hydrogens (tertiary/aromatic N) is 5. The van der Waals surface area contributed by atoms with E-state index in [1.165, 1.54) is 11.1 Å². The fourth-order valence-electron chi connectivity index (χ4n) is 3.25. The summed E-state index contributed by atoms with van der Waals surface area (Å²) in [6.45, 7) is 10.7. The molecule has 3 heterocycles. The minimum Gasteiger partial charge on any atom is -0.378 e. The monoisotopic (exact) mass is 429 g/mol. The predicted molar refractivity (Wildman–Crippen MR) is 120 cm³/mol. The number of aryl methyl sites for hydroxylation is 1. The highest BCUT2D eigenvalue weighted by molar-refractivity contribution is 7.98. The van der Waals surface area contributed by atoms with Gasteiger partial charge in [0.1, 0.15) is 5.01 Å². The molecule has 0 amide bonds. The summed E-state index contributed by atoms with van der Waals surface area (Å²) in [6, 6.07) is 8.54. The van der Waals surface area contributed by atoms with Gasteiger partial charge in [0.05, 0.1) is 18.9 Å². The van der Waals surface area contributed by atoms with Gasteiger partial charge < -0.3 is 9.64 Å². The molecule has 0 atom stereocenters. The predicted octanol–water partition coefficient (Wildman–Crippen LogP) is 4.49. The maximum Gasteiger partial charge on any atom is 0.228 e. The normalized spacial score (nSPS) is 14.7. The average Bonchev–Trinajstić information content (AvgIpc) is 3.34. The largest absolute Gasteiger partial charge is 0.378 e. The second-order valence-corrected chi connectivity index (χ2v) is 9.49. The first kappa shape index (κ1) is 20.4. The van der Waals surface area contributed by atoms with E-state index in [1.54, 1.807) is 23.1 Å². The average molecular weight is 430 g/mol. The lowest BCUT2D eigenvalue weighted by Crippen LogP contribution is -2.38. The molecule has 1 aliphatic rings. The molecule has 154 valence electrons. The molecular formula is C21H27N5OS2. The third kappa shape index (κ3) is 4.99. The van der Waals surface area contributed by atoms with Crippen molar-refractivity contribution in [1.82, 2.24) is 19.7 Å². The Balaban J connectivity index is 1.48. The zero-order chi connectivity index (χ0) is 20.2. The van der Waals surface area contributed by atoms with Crippen LogP contribution >= 0.6 is 23.1 Å². The maximum absolute atomic E-state index is 5.49. The molecule has 0 unspecified atom stereocenters. The zero-order valence-corrected chi connectivity index (χ0v) is 18.8. The molecule has 0 spiro atoms. The fraction of sp³-hybridized carbons (Fsp3) is 0.476. The van der Waals surface area contributed by atoms with Crippen molar-refractivity contribution in [3.05, 3.63) is 40.9 Å². The van der Waals surface area contributed by atoms with Gasteiger partial charge in [-0.15, -0.1) is 21.5 Å². The third-order valence-corrected chi connectivity index (χ3v) is 6.68. The lowest BCUT2D eigenvalue weighted by Gasteiger charge is -2.28. The molecule has 6 nitrogen and oxygen atoms in total. The molecule has 1 aromatic carbocycles. The van der Waals surface area contributed by atoms with Crippen molar-refractivity contribution < 1.29 is 4.74 Å². The Morgan fingerprint density at radius 1 is 1.14 bits per heavy atom. The summed E-state index contributed by atoms with van der Waals surface area (Å²) < 4.78 is 7.75. The Kier molecular flexibility index (Phi) is 6.52. The fourth-order valence-corrected chi connectivity index (χ4v) is 5.02. The molecule has 1 saturated heterocycles. The van der Waals surface area contributed by atoms with E-state index in [1.807, 2.05) is 0 Å². The Bertz CT molecular complexity index is 929. The van der Waals surface area contributed by atoms with Crippen LogP contribution in [-0.4, -0.2) is 46.1 Å². The van der Waals surface area contributed by atoms with Crippen LogP contribution in [0.25, 0.3) is 10.6 Å². The number of hydrogen-bond acceptors (Lipinski definition) is 7. The molecule has 1 aliphatic heterocycles. The number of hydrogen-bond donors (Lipinski definition) is 0. The number of morpholine rings is 1. The summed E-state index contributed by atoms with van der Waals surface area (Å²) in [4.78, 5) is 7.10. The molecule has 0 saturated carbocycles. The highest BCUT2D eigenvalue weighted by atomic mass is 32.2. The summed E-state index contributed by atoms with van der Waals surface area (Å²) in [5.41, 5.74) is 3.53. The standard InChI is InChI=1S/C21H27N5OS2/c1-15(2)12-26-20(25-8-10-27-11-9-25)23-24-21(26)29-14-18-13-28-19(22-18)17-6-4-16(3)5-7-17/h4-7,13,15H,8-12,14H2,1-3H3. The Hall–Kier alpha value is -1.90. The van der Waals surface area contributed by atoms with Crippen LogP contribution in [-0.2, 0) is 17.0 Å². The number of thioether (sulfide) groups is 1. The Morgan fingerprint density at radius 3 is 2.62 bits per heavy atom. The summed E-state index contributed by atoms with van der Waals surface area (Å²) in [5.74, 6) is 2.28. The maximum atomic E-state index is 5.49. The summed E-state index contributed by atoms with van der Waals surface area (Å²) in [7, 11) is 0. The topological polar surface area (TPSA) is 56.1 Å². The Labute approximate surface area is 180 Å². The molecule has 0 radical (unpaired) electrons. The van der Waals surface area contributed by atoms with Gasteiger partial charge in [-0.05, 0) is 12.8 Å². The van der Waals surface area contributed by atoms with Crippen molar-refractivity contribution in [3.8, 4) is 10.6 Å². The van der Waals surface area contributed by atoms with E-state index < -0.39 is 0 Å². The zero-order valence-electron chi connectivity index (χ0n) is 17.2. The first-order valence-corrected chi connectivity index (χ1v) is 11.9. The number of ether oxygens (including phenoxy) is 1. The first-order valence-electron chi connectivity index (χ1n) is 10.0. The lowest BCUT2D eigenvalue weighted by atomic mass is 10.2. The molecule has 0 bridgehead atoms. The molecule has 3 aromatic rings. The van der Waals surface area contributed by atoms with E-state index in [0.717, 1.165) is 60.4 Å². The molecule has 4 rings (SSSR count). The van der Waals surface area contributed by atoms with Gasteiger partial charge in [-0.2, -0.15) is 0 Å². The first-order chi connectivity index (χ1) is 14.1. The minimum atomic E-state index is 0.526. The van der Waals surface area contributed by atoms with Gasteiger partial charge >= 0.3 is 0 Å². The van der Waals surface area contributed by atoms with Crippen LogP contribution in [0.2, 0.25) is 0 Å². The third-order valence-electron chi connectivity index (χ3n) is 4.74. The molecule has 1 fully saturated rings.